The third-order valence-corrected chi connectivity index (χ3v) is 2.99. The molecule has 0 fully saturated rings. The van der Waals surface area contributed by atoms with Crippen LogP contribution in [-0.4, -0.2) is 62.4 Å². The van der Waals surface area contributed by atoms with E-state index in [0.717, 1.165) is 11.6 Å². The highest BCUT2D eigenvalue weighted by Gasteiger charge is 2.15. The summed E-state index contributed by atoms with van der Waals surface area (Å²) in [6, 6.07) is 6.77. The Labute approximate surface area is 129 Å². The number of hydrogen-bond donors (Lipinski definition) is 1. The van der Waals surface area contributed by atoms with Crippen LogP contribution in [0.4, 0.5) is 0 Å². The zero-order valence-electron chi connectivity index (χ0n) is 12.8. The molecular formula is C16H21NO5. The second-order valence-electron chi connectivity index (χ2n) is 4.57. The van der Waals surface area contributed by atoms with Gasteiger partial charge in [0.15, 0.2) is 0 Å². The molecule has 0 saturated carbocycles. The van der Waals surface area contributed by atoms with E-state index in [1.165, 1.54) is 6.08 Å². The molecule has 0 aromatic heterocycles. The average Bonchev–Trinajstić information content (AvgIpc) is 2.53. The molecule has 0 atom stereocenters. The van der Waals surface area contributed by atoms with Crippen LogP contribution in [0.5, 0.6) is 0 Å². The Kier molecular flexibility index (Phi) is 7.88. The largest absolute Gasteiger partial charge is 0.478 e. The van der Waals surface area contributed by atoms with Crippen molar-refractivity contribution in [2.75, 3.05) is 40.5 Å². The fraction of sp³-hybridized carbons (Fsp3) is 0.375. The first kappa shape index (κ1) is 17.9. The Morgan fingerprint density at radius 2 is 1.64 bits per heavy atom. The Bertz CT molecular complexity index is 502. The van der Waals surface area contributed by atoms with Crippen molar-refractivity contribution >= 4 is 18.0 Å². The summed E-state index contributed by atoms with van der Waals surface area (Å²) in [5.41, 5.74) is 1.26. The molecule has 6 heteroatoms. The average molecular weight is 307 g/mol. The predicted octanol–water partition coefficient (Wildman–Crippen LogP) is 1.52. The zero-order valence-corrected chi connectivity index (χ0v) is 12.8. The lowest BCUT2D eigenvalue weighted by Gasteiger charge is -2.22. The van der Waals surface area contributed by atoms with Crippen LogP contribution in [0.1, 0.15) is 15.9 Å². The smallest absolute Gasteiger partial charge is 0.328 e. The maximum atomic E-state index is 12.4. The third kappa shape index (κ3) is 6.07. The van der Waals surface area contributed by atoms with E-state index in [9.17, 15) is 9.59 Å². The molecule has 1 rings (SSSR count). The van der Waals surface area contributed by atoms with Crippen molar-refractivity contribution < 1.29 is 24.2 Å². The van der Waals surface area contributed by atoms with Gasteiger partial charge in [0.25, 0.3) is 5.91 Å². The minimum Gasteiger partial charge on any atom is -0.478 e. The number of carboxylic acids is 1. The highest BCUT2D eigenvalue weighted by atomic mass is 16.5. The summed E-state index contributed by atoms with van der Waals surface area (Å²) in [5.74, 6) is -1.12. The van der Waals surface area contributed by atoms with Crippen molar-refractivity contribution in [3.05, 3.63) is 41.5 Å². The van der Waals surface area contributed by atoms with Gasteiger partial charge in [0.05, 0.1) is 13.2 Å². The van der Waals surface area contributed by atoms with Crippen LogP contribution in [0.3, 0.4) is 0 Å². The third-order valence-electron chi connectivity index (χ3n) is 2.99. The van der Waals surface area contributed by atoms with Crippen LogP contribution < -0.4 is 0 Å². The monoisotopic (exact) mass is 307 g/mol. The van der Waals surface area contributed by atoms with Gasteiger partial charge in [-0.1, -0.05) is 12.1 Å². The van der Waals surface area contributed by atoms with E-state index in [1.807, 2.05) is 0 Å². The molecule has 22 heavy (non-hydrogen) atoms. The summed E-state index contributed by atoms with van der Waals surface area (Å²) in [6.07, 6.45) is 2.53. The Morgan fingerprint density at radius 3 is 2.09 bits per heavy atom. The molecule has 1 amide bonds. The summed E-state index contributed by atoms with van der Waals surface area (Å²) < 4.78 is 10.0. The van der Waals surface area contributed by atoms with Crippen molar-refractivity contribution in [3.63, 3.8) is 0 Å². The number of amides is 1. The second kappa shape index (κ2) is 9.70. The molecule has 0 aliphatic heterocycles. The van der Waals surface area contributed by atoms with Crippen LogP contribution in [-0.2, 0) is 14.3 Å². The van der Waals surface area contributed by atoms with Crippen LogP contribution in [0.2, 0.25) is 0 Å². The highest BCUT2D eigenvalue weighted by molar-refractivity contribution is 5.94. The fourth-order valence-corrected chi connectivity index (χ4v) is 1.80. The van der Waals surface area contributed by atoms with E-state index in [-0.39, 0.29) is 5.91 Å². The molecule has 6 nitrogen and oxygen atoms in total. The molecule has 120 valence electrons. The molecule has 0 bridgehead atoms. The molecule has 0 saturated heterocycles. The van der Waals surface area contributed by atoms with Crippen LogP contribution in [0, 0.1) is 0 Å². The van der Waals surface area contributed by atoms with Crippen molar-refractivity contribution in [2.45, 2.75) is 0 Å². The summed E-state index contributed by atoms with van der Waals surface area (Å²) in [7, 11) is 3.17. The lowest BCUT2D eigenvalue weighted by atomic mass is 10.1. The van der Waals surface area contributed by atoms with Gasteiger partial charge < -0.3 is 19.5 Å². The van der Waals surface area contributed by atoms with E-state index in [4.69, 9.17) is 14.6 Å². The maximum absolute atomic E-state index is 12.4. The fourth-order valence-electron chi connectivity index (χ4n) is 1.80. The number of rotatable bonds is 9. The topological polar surface area (TPSA) is 76.1 Å². The molecule has 0 unspecified atom stereocenters. The zero-order chi connectivity index (χ0) is 16.4. The summed E-state index contributed by atoms with van der Waals surface area (Å²) in [6.45, 7) is 1.88. The van der Waals surface area contributed by atoms with Crippen molar-refractivity contribution in [1.29, 1.82) is 0 Å². The van der Waals surface area contributed by atoms with Gasteiger partial charge in [-0.15, -0.1) is 0 Å². The Morgan fingerprint density at radius 1 is 1.09 bits per heavy atom. The first-order chi connectivity index (χ1) is 10.6. The quantitative estimate of drug-likeness (QED) is 0.700. The Balaban J connectivity index is 2.77. The Hall–Kier alpha value is -2.18. The molecule has 0 aliphatic rings. The van der Waals surface area contributed by atoms with E-state index in [2.05, 4.69) is 0 Å². The predicted molar refractivity (Wildman–Crippen MR) is 82.8 cm³/mol. The van der Waals surface area contributed by atoms with E-state index < -0.39 is 5.97 Å². The maximum Gasteiger partial charge on any atom is 0.328 e. The molecule has 1 N–H and O–H groups in total. The lowest BCUT2D eigenvalue weighted by molar-refractivity contribution is -0.131. The summed E-state index contributed by atoms with van der Waals surface area (Å²) in [5, 5.41) is 8.58. The van der Waals surface area contributed by atoms with Gasteiger partial charge in [-0.25, -0.2) is 4.79 Å². The summed E-state index contributed by atoms with van der Waals surface area (Å²) in [4.78, 5) is 24.6. The molecule has 0 heterocycles. The van der Waals surface area contributed by atoms with Crippen LogP contribution >= 0.6 is 0 Å². The number of carbonyl (C=O) groups excluding carboxylic acids is 1. The van der Waals surface area contributed by atoms with Gasteiger partial charge in [0.2, 0.25) is 0 Å². The van der Waals surface area contributed by atoms with E-state index in [1.54, 1.807) is 43.4 Å². The van der Waals surface area contributed by atoms with E-state index in [0.29, 0.717) is 31.9 Å². The van der Waals surface area contributed by atoms with Crippen LogP contribution in [0.25, 0.3) is 6.08 Å². The number of aliphatic carboxylic acids is 1. The van der Waals surface area contributed by atoms with Gasteiger partial charge in [-0.05, 0) is 23.8 Å². The number of methoxy groups -OCH3 is 2. The van der Waals surface area contributed by atoms with Crippen LogP contribution in [0.15, 0.2) is 30.3 Å². The van der Waals surface area contributed by atoms with E-state index >= 15 is 0 Å². The molecular weight excluding hydrogens is 286 g/mol. The molecule has 1 aromatic rings. The molecule has 0 radical (unpaired) electrons. The van der Waals surface area contributed by atoms with Gasteiger partial charge in [0.1, 0.15) is 0 Å². The molecule has 0 aliphatic carbocycles. The lowest BCUT2D eigenvalue weighted by Crippen LogP contribution is -2.36. The minimum absolute atomic E-state index is 0.108. The minimum atomic E-state index is -1.01. The van der Waals surface area contributed by atoms with Gasteiger partial charge in [0, 0.05) is 38.9 Å². The SMILES string of the molecule is COCCN(CCOC)C(=O)c1ccc(/C=C/C(=O)O)cc1. The second-order valence-corrected chi connectivity index (χ2v) is 4.57. The van der Waals surface area contributed by atoms with Crippen molar-refractivity contribution in [3.8, 4) is 0 Å². The van der Waals surface area contributed by atoms with Gasteiger partial charge in [-0.2, -0.15) is 0 Å². The first-order valence-corrected chi connectivity index (χ1v) is 6.86. The summed E-state index contributed by atoms with van der Waals surface area (Å²) >= 11 is 0. The van der Waals surface area contributed by atoms with Gasteiger partial charge in [-0.3, -0.25) is 4.79 Å². The number of nitrogens with zero attached hydrogens (tertiary/aromatic N) is 1. The van der Waals surface area contributed by atoms with Crippen molar-refractivity contribution in [1.82, 2.24) is 4.90 Å². The van der Waals surface area contributed by atoms with Crippen molar-refractivity contribution in [2.24, 2.45) is 0 Å². The molecule has 0 spiro atoms. The standard InChI is InChI=1S/C16H21NO5/c1-21-11-9-17(10-12-22-2)16(20)14-6-3-13(4-7-14)5-8-15(18)19/h3-8H,9-12H2,1-2H3,(H,18,19)/b8-5+. The number of carboxylic acid groups (broad SMARTS) is 1. The molecule has 1 aromatic carbocycles. The number of benzene rings is 1. The first-order valence-electron chi connectivity index (χ1n) is 6.86. The number of ether oxygens (including phenoxy) is 2. The normalized spacial score (nSPS) is 10.8. The number of hydrogen-bond acceptors (Lipinski definition) is 4. The highest BCUT2D eigenvalue weighted by Crippen LogP contribution is 2.09. The van der Waals surface area contributed by atoms with Gasteiger partial charge >= 0.3 is 5.97 Å². The number of carbonyl (C=O) groups is 2.